The van der Waals surface area contributed by atoms with E-state index in [1.807, 2.05) is 25.2 Å². The van der Waals surface area contributed by atoms with Gasteiger partial charge in [-0.25, -0.2) is 0 Å². The van der Waals surface area contributed by atoms with E-state index in [9.17, 15) is 0 Å². The number of methoxy groups -OCH3 is 1. The molecule has 0 aliphatic carbocycles. The van der Waals surface area contributed by atoms with Crippen LogP contribution in [0.4, 0.5) is 17.1 Å². The normalized spacial score (nSPS) is 10.2. The second kappa shape index (κ2) is 5.00. The summed E-state index contributed by atoms with van der Waals surface area (Å²) < 4.78 is 5.23. The van der Waals surface area contributed by atoms with Crippen LogP contribution in [0, 0.1) is 6.92 Å². The molecular formula is C15H18N2O. The van der Waals surface area contributed by atoms with Crippen molar-refractivity contribution in [2.24, 2.45) is 0 Å². The number of nitrogens with two attached hydrogens (primary N) is 1. The van der Waals surface area contributed by atoms with Crippen molar-refractivity contribution in [3.8, 4) is 5.75 Å². The molecule has 0 aromatic heterocycles. The Hall–Kier alpha value is -2.16. The van der Waals surface area contributed by atoms with Gasteiger partial charge in [0.05, 0.1) is 7.11 Å². The van der Waals surface area contributed by atoms with Gasteiger partial charge in [-0.1, -0.05) is 17.7 Å². The van der Waals surface area contributed by atoms with E-state index in [4.69, 9.17) is 10.5 Å². The minimum atomic E-state index is 0.698. The van der Waals surface area contributed by atoms with Gasteiger partial charge in [-0.3, -0.25) is 0 Å². The Balaban J connectivity index is 2.35. The van der Waals surface area contributed by atoms with E-state index in [0.717, 1.165) is 17.1 Å². The SMILES string of the molecule is COc1cc(N)cc(N(C)c2ccc(C)cc2)c1. The molecule has 0 heterocycles. The third kappa shape index (κ3) is 2.56. The highest BCUT2D eigenvalue weighted by Gasteiger charge is 2.06. The van der Waals surface area contributed by atoms with Gasteiger partial charge in [0.15, 0.2) is 0 Å². The van der Waals surface area contributed by atoms with Gasteiger partial charge >= 0.3 is 0 Å². The highest BCUT2D eigenvalue weighted by Crippen LogP contribution is 2.29. The summed E-state index contributed by atoms with van der Waals surface area (Å²) in [6.07, 6.45) is 0. The molecule has 18 heavy (non-hydrogen) atoms. The summed E-state index contributed by atoms with van der Waals surface area (Å²) in [5, 5.41) is 0. The van der Waals surface area contributed by atoms with Crippen LogP contribution in [0.25, 0.3) is 0 Å². The molecule has 0 saturated carbocycles. The summed E-state index contributed by atoms with van der Waals surface area (Å²) in [7, 11) is 3.66. The molecule has 2 aromatic carbocycles. The van der Waals surface area contributed by atoms with E-state index in [0.29, 0.717) is 5.69 Å². The molecule has 2 N–H and O–H groups in total. The van der Waals surface area contributed by atoms with Crippen LogP contribution in [-0.2, 0) is 0 Å². The second-order valence-corrected chi connectivity index (χ2v) is 4.36. The molecule has 2 aromatic rings. The van der Waals surface area contributed by atoms with Crippen LogP contribution in [-0.4, -0.2) is 14.2 Å². The molecule has 3 heteroatoms. The summed E-state index contributed by atoms with van der Waals surface area (Å²) in [4.78, 5) is 2.08. The molecule has 0 aliphatic heterocycles. The van der Waals surface area contributed by atoms with Crippen LogP contribution in [0.1, 0.15) is 5.56 Å². The van der Waals surface area contributed by atoms with Crippen LogP contribution in [0.2, 0.25) is 0 Å². The fourth-order valence-corrected chi connectivity index (χ4v) is 1.83. The topological polar surface area (TPSA) is 38.5 Å². The summed E-state index contributed by atoms with van der Waals surface area (Å²) >= 11 is 0. The minimum absolute atomic E-state index is 0.698. The van der Waals surface area contributed by atoms with Crippen LogP contribution in [0.15, 0.2) is 42.5 Å². The maximum Gasteiger partial charge on any atom is 0.122 e. The van der Waals surface area contributed by atoms with Crippen molar-refractivity contribution in [2.75, 3.05) is 24.8 Å². The zero-order valence-electron chi connectivity index (χ0n) is 11.0. The second-order valence-electron chi connectivity index (χ2n) is 4.36. The summed E-state index contributed by atoms with van der Waals surface area (Å²) in [6.45, 7) is 2.08. The summed E-state index contributed by atoms with van der Waals surface area (Å²) in [5.74, 6) is 0.768. The van der Waals surface area contributed by atoms with Gasteiger partial charge in [0.1, 0.15) is 5.75 Å². The largest absolute Gasteiger partial charge is 0.497 e. The molecule has 3 nitrogen and oxygen atoms in total. The van der Waals surface area contributed by atoms with Gasteiger partial charge < -0.3 is 15.4 Å². The van der Waals surface area contributed by atoms with Gasteiger partial charge in [-0.15, -0.1) is 0 Å². The molecule has 2 rings (SSSR count). The lowest BCUT2D eigenvalue weighted by molar-refractivity contribution is 0.415. The molecule has 0 atom stereocenters. The Bertz CT molecular complexity index is 535. The number of rotatable bonds is 3. The zero-order chi connectivity index (χ0) is 13.1. The maximum atomic E-state index is 5.87. The first-order valence-electron chi connectivity index (χ1n) is 5.85. The van der Waals surface area contributed by atoms with E-state index in [2.05, 4.69) is 36.1 Å². The van der Waals surface area contributed by atoms with Crippen molar-refractivity contribution < 1.29 is 4.74 Å². The van der Waals surface area contributed by atoms with Crippen LogP contribution in [0.5, 0.6) is 5.75 Å². The zero-order valence-corrected chi connectivity index (χ0v) is 11.0. The van der Waals surface area contributed by atoms with E-state index < -0.39 is 0 Å². The van der Waals surface area contributed by atoms with Gasteiger partial charge in [-0.2, -0.15) is 0 Å². The smallest absolute Gasteiger partial charge is 0.122 e. The number of nitrogen functional groups attached to an aromatic ring is 1. The predicted octanol–water partition coefficient (Wildman–Crippen LogP) is 3.35. The highest BCUT2D eigenvalue weighted by molar-refractivity contribution is 5.68. The molecule has 0 unspecified atom stereocenters. The number of benzene rings is 2. The first-order valence-corrected chi connectivity index (χ1v) is 5.85. The van der Waals surface area contributed by atoms with Crippen molar-refractivity contribution in [1.29, 1.82) is 0 Å². The lowest BCUT2D eigenvalue weighted by Gasteiger charge is -2.20. The van der Waals surface area contributed by atoms with Gasteiger partial charge in [0.2, 0.25) is 0 Å². The number of ether oxygens (including phenoxy) is 1. The Morgan fingerprint density at radius 1 is 1.00 bits per heavy atom. The number of aryl methyl sites for hydroxylation is 1. The van der Waals surface area contributed by atoms with E-state index >= 15 is 0 Å². The number of nitrogens with zero attached hydrogens (tertiary/aromatic N) is 1. The van der Waals surface area contributed by atoms with Crippen molar-refractivity contribution in [3.05, 3.63) is 48.0 Å². The Kier molecular flexibility index (Phi) is 3.42. The monoisotopic (exact) mass is 242 g/mol. The lowest BCUT2D eigenvalue weighted by Crippen LogP contribution is -2.09. The predicted molar refractivity (Wildman–Crippen MR) is 76.6 cm³/mol. The third-order valence-electron chi connectivity index (χ3n) is 2.96. The van der Waals surface area contributed by atoms with Gasteiger partial charge in [0, 0.05) is 36.2 Å². The number of anilines is 3. The van der Waals surface area contributed by atoms with Gasteiger partial charge in [0.25, 0.3) is 0 Å². The number of hydrogen-bond donors (Lipinski definition) is 1. The number of hydrogen-bond acceptors (Lipinski definition) is 3. The molecule has 0 aliphatic rings. The summed E-state index contributed by atoms with van der Waals surface area (Å²) in [5.41, 5.74) is 9.94. The standard InChI is InChI=1S/C15H18N2O/c1-11-4-6-13(7-5-11)17(2)14-8-12(16)9-15(10-14)18-3/h4-10H,16H2,1-3H3. The van der Waals surface area contributed by atoms with E-state index in [-0.39, 0.29) is 0 Å². The first kappa shape index (κ1) is 12.3. The average molecular weight is 242 g/mol. The fourth-order valence-electron chi connectivity index (χ4n) is 1.83. The third-order valence-corrected chi connectivity index (χ3v) is 2.96. The minimum Gasteiger partial charge on any atom is -0.497 e. The Morgan fingerprint density at radius 2 is 1.67 bits per heavy atom. The average Bonchev–Trinajstić information content (AvgIpc) is 2.38. The maximum absolute atomic E-state index is 5.87. The fraction of sp³-hybridized carbons (Fsp3) is 0.200. The molecule has 0 radical (unpaired) electrons. The highest BCUT2D eigenvalue weighted by atomic mass is 16.5. The Morgan fingerprint density at radius 3 is 2.28 bits per heavy atom. The Labute approximate surface area is 108 Å². The molecule has 0 fully saturated rings. The van der Waals surface area contributed by atoms with Crippen molar-refractivity contribution in [3.63, 3.8) is 0 Å². The molecule has 0 spiro atoms. The lowest BCUT2D eigenvalue weighted by atomic mass is 10.2. The molecule has 0 saturated heterocycles. The molecule has 94 valence electrons. The van der Waals surface area contributed by atoms with E-state index in [1.54, 1.807) is 7.11 Å². The van der Waals surface area contributed by atoms with E-state index in [1.165, 1.54) is 5.56 Å². The summed E-state index contributed by atoms with van der Waals surface area (Å²) in [6, 6.07) is 14.1. The van der Waals surface area contributed by atoms with Crippen LogP contribution in [0.3, 0.4) is 0 Å². The van der Waals surface area contributed by atoms with Crippen molar-refractivity contribution >= 4 is 17.1 Å². The van der Waals surface area contributed by atoms with Crippen LogP contribution >= 0.6 is 0 Å². The van der Waals surface area contributed by atoms with Crippen LogP contribution < -0.4 is 15.4 Å². The van der Waals surface area contributed by atoms with Gasteiger partial charge in [-0.05, 0) is 25.1 Å². The quantitative estimate of drug-likeness (QED) is 0.839. The molecule has 0 amide bonds. The first-order chi connectivity index (χ1) is 8.60. The van der Waals surface area contributed by atoms with Crippen molar-refractivity contribution in [1.82, 2.24) is 0 Å². The van der Waals surface area contributed by atoms with Crippen molar-refractivity contribution in [2.45, 2.75) is 6.92 Å². The molecular weight excluding hydrogens is 224 g/mol. The molecule has 0 bridgehead atoms.